The van der Waals surface area contributed by atoms with Crippen LogP contribution in [-0.4, -0.2) is 6.54 Å². The smallest absolute Gasteiger partial charge is 0.0357 e. The Bertz CT molecular complexity index is 311. The van der Waals surface area contributed by atoms with Gasteiger partial charge in [0.15, 0.2) is 0 Å². The van der Waals surface area contributed by atoms with E-state index in [1.54, 1.807) is 0 Å². The minimum atomic E-state index is 0.527. The Morgan fingerprint density at radius 2 is 2.14 bits per heavy atom. The molecule has 76 valence electrons. The highest BCUT2D eigenvalue weighted by Gasteiger charge is 2.23. The molecule has 1 fully saturated rings. The number of hydrogen-bond donors (Lipinski definition) is 1. The quantitative estimate of drug-likeness (QED) is 0.808. The minimum absolute atomic E-state index is 0.527. The maximum Gasteiger partial charge on any atom is 0.0357 e. The van der Waals surface area contributed by atoms with Crippen LogP contribution in [0.5, 0.6) is 0 Å². The first-order valence-corrected chi connectivity index (χ1v) is 6.06. The first-order valence-electron chi connectivity index (χ1n) is 5.27. The second kappa shape index (κ2) is 4.45. The van der Waals surface area contributed by atoms with Crippen molar-refractivity contribution < 1.29 is 0 Å². The van der Waals surface area contributed by atoms with E-state index in [9.17, 15) is 0 Å². The Morgan fingerprint density at radius 3 is 2.86 bits per heavy atom. The fourth-order valence-electron chi connectivity index (χ4n) is 2.19. The van der Waals surface area contributed by atoms with Crippen molar-refractivity contribution in [2.24, 2.45) is 5.92 Å². The first kappa shape index (κ1) is 10.2. The molecule has 1 heterocycles. The van der Waals surface area contributed by atoms with Crippen LogP contribution in [0.4, 0.5) is 0 Å². The third kappa shape index (κ3) is 2.01. The largest absolute Gasteiger partial charge is 0.310 e. The van der Waals surface area contributed by atoms with Crippen LogP contribution < -0.4 is 5.32 Å². The van der Waals surface area contributed by atoms with Gasteiger partial charge in [0.05, 0.1) is 0 Å². The summed E-state index contributed by atoms with van der Waals surface area (Å²) in [6, 6.07) is 9.05. The first-order chi connectivity index (χ1) is 6.79. The Hall–Kier alpha value is -0.340. The highest BCUT2D eigenvalue weighted by atomic mass is 79.9. The molecule has 1 saturated heterocycles. The fourth-order valence-corrected chi connectivity index (χ4v) is 2.72. The number of rotatable bonds is 1. The number of piperidine rings is 1. The summed E-state index contributed by atoms with van der Waals surface area (Å²) in [5, 5.41) is 3.60. The van der Waals surface area contributed by atoms with E-state index in [4.69, 9.17) is 0 Å². The molecule has 1 aromatic carbocycles. The zero-order valence-corrected chi connectivity index (χ0v) is 10.0. The average molecular weight is 254 g/mol. The molecule has 0 aromatic heterocycles. The Kier molecular flexibility index (Phi) is 3.24. The van der Waals surface area contributed by atoms with Gasteiger partial charge >= 0.3 is 0 Å². The van der Waals surface area contributed by atoms with Gasteiger partial charge in [0.1, 0.15) is 0 Å². The van der Waals surface area contributed by atoms with Gasteiger partial charge < -0.3 is 5.32 Å². The minimum Gasteiger partial charge on any atom is -0.310 e. The molecule has 2 heteroatoms. The molecule has 0 spiro atoms. The Morgan fingerprint density at radius 1 is 1.36 bits per heavy atom. The standard InChI is InChI=1S/C12H16BrN/c1-9-5-4-8-14-12(9)10-6-2-3-7-11(10)13/h2-3,6-7,9,12,14H,4-5,8H2,1H3. The second-order valence-electron chi connectivity index (χ2n) is 4.07. The maximum atomic E-state index is 3.62. The van der Waals surface area contributed by atoms with Crippen molar-refractivity contribution in [3.05, 3.63) is 34.3 Å². The van der Waals surface area contributed by atoms with Crippen LogP contribution >= 0.6 is 15.9 Å². The summed E-state index contributed by atoms with van der Waals surface area (Å²) in [6.07, 6.45) is 2.64. The molecule has 0 amide bonds. The molecule has 1 aliphatic heterocycles. The Balaban J connectivity index is 2.25. The molecule has 1 nitrogen and oxygen atoms in total. The van der Waals surface area contributed by atoms with Crippen molar-refractivity contribution in [3.63, 3.8) is 0 Å². The van der Waals surface area contributed by atoms with Gasteiger partial charge in [-0.15, -0.1) is 0 Å². The van der Waals surface area contributed by atoms with E-state index in [2.05, 4.69) is 52.4 Å². The molecule has 14 heavy (non-hydrogen) atoms. The Labute approximate surface area is 94.0 Å². The fraction of sp³-hybridized carbons (Fsp3) is 0.500. The topological polar surface area (TPSA) is 12.0 Å². The normalized spacial score (nSPS) is 27.6. The lowest BCUT2D eigenvalue weighted by atomic mass is 9.88. The van der Waals surface area contributed by atoms with Gasteiger partial charge in [0.25, 0.3) is 0 Å². The van der Waals surface area contributed by atoms with Crippen molar-refractivity contribution in [2.75, 3.05) is 6.54 Å². The molecule has 2 rings (SSSR count). The summed E-state index contributed by atoms with van der Waals surface area (Å²) >= 11 is 3.62. The summed E-state index contributed by atoms with van der Waals surface area (Å²) in [4.78, 5) is 0. The lowest BCUT2D eigenvalue weighted by Gasteiger charge is -2.31. The van der Waals surface area contributed by atoms with Crippen LogP contribution in [0.15, 0.2) is 28.7 Å². The molecule has 1 aliphatic rings. The van der Waals surface area contributed by atoms with E-state index in [-0.39, 0.29) is 0 Å². The zero-order chi connectivity index (χ0) is 9.97. The maximum absolute atomic E-state index is 3.62. The van der Waals surface area contributed by atoms with Crippen molar-refractivity contribution in [2.45, 2.75) is 25.8 Å². The SMILES string of the molecule is CC1CCCNC1c1ccccc1Br. The summed E-state index contributed by atoms with van der Waals surface area (Å²) in [5.41, 5.74) is 1.40. The summed E-state index contributed by atoms with van der Waals surface area (Å²) in [7, 11) is 0. The molecule has 1 aromatic rings. The third-order valence-corrected chi connectivity index (χ3v) is 3.73. The van der Waals surface area contributed by atoms with Crippen LogP contribution in [0.3, 0.4) is 0 Å². The number of halogens is 1. The van der Waals surface area contributed by atoms with Gasteiger partial charge in [0.2, 0.25) is 0 Å². The van der Waals surface area contributed by atoms with Gasteiger partial charge in [0, 0.05) is 10.5 Å². The molecule has 0 saturated carbocycles. The lowest BCUT2D eigenvalue weighted by molar-refractivity contribution is 0.305. The molecular weight excluding hydrogens is 238 g/mol. The van der Waals surface area contributed by atoms with E-state index < -0.39 is 0 Å². The van der Waals surface area contributed by atoms with Gasteiger partial charge in [-0.25, -0.2) is 0 Å². The molecular formula is C12H16BrN. The number of benzene rings is 1. The van der Waals surface area contributed by atoms with E-state index >= 15 is 0 Å². The third-order valence-electron chi connectivity index (χ3n) is 3.01. The highest BCUT2D eigenvalue weighted by molar-refractivity contribution is 9.10. The summed E-state index contributed by atoms with van der Waals surface area (Å²) in [5.74, 6) is 0.738. The molecule has 2 atom stereocenters. The molecule has 0 aliphatic carbocycles. The van der Waals surface area contributed by atoms with Crippen LogP contribution in [0, 0.1) is 5.92 Å². The van der Waals surface area contributed by atoms with Crippen molar-refractivity contribution in [1.82, 2.24) is 5.32 Å². The highest BCUT2D eigenvalue weighted by Crippen LogP contribution is 2.32. The van der Waals surface area contributed by atoms with Gasteiger partial charge in [-0.05, 0) is 36.9 Å². The van der Waals surface area contributed by atoms with E-state index in [1.165, 1.54) is 22.9 Å². The van der Waals surface area contributed by atoms with Gasteiger partial charge in [-0.2, -0.15) is 0 Å². The van der Waals surface area contributed by atoms with Crippen molar-refractivity contribution >= 4 is 15.9 Å². The van der Waals surface area contributed by atoms with E-state index in [0.29, 0.717) is 6.04 Å². The monoisotopic (exact) mass is 253 g/mol. The molecule has 0 bridgehead atoms. The summed E-state index contributed by atoms with van der Waals surface area (Å²) in [6.45, 7) is 3.48. The van der Waals surface area contributed by atoms with Gasteiger partial charge in [-0.3, -0.25) is 0 Å². The number of hydrogen-bond acceptors (Lipinski definition) is 1. The van der Waals surface area contributed by atoms with Crippen LogP contribution in [0.25, 0.3) is 0 Å². The van der Waals surface area contributed by atoms with E-state index in [1.807, 2.05) is 0 Å². The number of nitrogens with one attached hydrogen (secondary N) is 1. The van der Waals surface area contributed by atoms with Crippen LogP contribution in [-0.2, 0) is 0 Å². The molecule has 2 unspecified atom stereocenters. The predicted octanol–water partition coefficient (Wildman–Crippen LogP) is 3.51. The molecule has 0 radical (unpaired) electrons. The van der Waals surface area contributed by atoms with Gasteiger partial charge in [-0.1, -0.05) is 41.1 Å². The zero-order valence-electron chi connectivity index (χ0n) is 8.46. The predicted molar refractivity (Wildman–Crippen MR) is 63.3 cm³/mol. The van der Waals surface area contributed by atoms with Crippen LogP contribution in [0.1, 0.15) is 31.4 Å². The lowest BCUT2D eigenvalue weighted by Crippen LogP contribution is -2.33. The summed E-state index contributed by atoms with van der Waals surface area (Å²) < 4.78 is 1.23. The van der Waals surface area contributed by atoms with Crippen LogP contribution in [0.2, 0.25) is 0 Å². The molecule has 1 N–H and O–H groups in total. The van der Waals surface area contributed by atoms with E-state index in [0.717, 1.165) is 12.5 Å². The van der Waals surface area contributed by atoms with Crippen molar-refractivity contribution in [3.8, 4) is 0 Å². The average Bonchev–Trinajstić information content (AvgIpc) is 2.20. The second-order valence-corrected chi connectivity index (χ2v) is 4.93. The van der Waals surface area contributed by atoms with Crippen molar-refractivity contribution in [1.29, 1.82) is 0 Å².